The predicted octanol–water partition coefficient (Wildman–Crippen LogP) is 0.711. The van der Waals surface area contributed by atoms with E-state index in [2.05, 4.69) is 14.8 Å². The topological polar surface area (TPSA) is 48.9 Å². The fraction of sp³-hybridized carbons (Fsp3) is 0.625. The normalized spacial score (nSPS) is 20.7. The first-order chi connectivity index (χ1) is 11.2. The lowest BCUT2D eigenvalue weighted by Gasteiger charge is -2.36. The van der Waals surface area contributed by atoms with E-state index in [1.54, 1.807) is 0 Å². The molecule has 23 heavy (non-hydrogen) atoms. The van der Waals surface area contributed by atoms with E-state index < -0.39 is 0 Å². The zero-order chi connectivity index (χ0) is 16.1. The summed E-state index contributed by atoms with van der Waals surface area (Å²) in [6.45, 7) is 7.98. The Kier molecular flexibility index (Phi) is 5.83. The Morgan fingerprint density at radius 2 is 1.78 bits per heavy atom. The van der Waals surface area contributed by atoms with Crippen LogP contribution in [0.5, 0.6) is 0 Å². The number of nitrogens with zero attached hydrogens (tertiary/aromatic N) is 4. The van der Waals surface area contributed by atoms with Gasteiger partial charge in [-0.1, -0.05) is 17.7 Å². The number of morpholine rings is 1. The Morgan fingerprint density at radius 3 is 2.43 bits per heavy atom. The number of amides is 1. The van der Waals surface area contributed by atoms with E-state index in [0.29, 0.717) is 24.9 Å². The van der Waals surface area contributed by atoms with Gasteiger partial charge >= 0.3 is 0 Å². The SMILES string of the molecule is O=C(CN1CCN(Cc2ccc(Cl)nc2)CC1)N1CCOCC1. The highest BCUT2D eigenvalue weighted by Crippen LogP contribution is 2.10. The van der Waals surface area contributed by atoms with Crippen molar-refractivity contribution < 1.29 is 9.53 Å². The van der Waals surface area contributed by atoms with Gasteiger partial charge in [-0.2, -0.15) is 0 Å². The van der Waals surface area contributed by atoms with Crippen LogP contribution in [0.3, 0.4) is 0 Å². The van der Waals surface area contributed by atoms with Gasteiger partial charge in [0.15, 0.2) is 0 Å². The van der Waals surface area contributed by atoms with Crippen molar-refractivity contribution in [3.8, 4) is 0 Å². The Morgan fingerprint density at radius 1 is 1.09 bits per heavy atom. The molecule has 3 rings (SSSR count). The third kappa shape index (κ3) is 4.88. The van der Waals surface area contributed by atoms with Gasteiger partial charge in [-0.15, -0.1) is 0 Å². The van der Waals surface area contributed by atoms with Crippen LogP contribution in [0.15, 0.2) is 18.3 Å². The molecule has 0 aliphatic carbocycles. The molecule has 0 aromatic carbocycles. The van der Waals surface area contributed by atoms with E-state index in [0.717, 1.165) is 45.8 Å². The second kappa shape index (κ2) is 8.06. The van der Waals surface area contributed by atoms with Crippen molar-refractivity contribution in [3.05, 3.63) is 29.0 Å². The second-order valence-corrected chi connectivity index (χ2v) is 6.42. The minimum atomic E-state index is 0.226. The van der Waals surface area contributed by atoms with E-state index in [1.165, 1.54) is 5.56 Å². The summed E-state index contributed by atoms with van der Waals surface area (Å²) in [6.07, 6.45) is 1.83. The summed E-state index contributed by atoms with van der Waals surface area (Å²) in [4.78, 5) is 22.9. The number of carbonyl (C=O) groups is 1. The molecule has 1 amide bonds. The summed E-state index contributed by atoms with van der Waals surface area (Å²) in [5.41, 5.74) is 1.17. The van der Waals surface area contributed by atoms with Gasteiger partial charge in [0.2, 0.25) is 5.91 Å². The van der Waals surface area contributed by atoms with Gasteiger partial charge in [0.25, 0.3) is 0 Å². The molecule has 0 saturated carbocycles. The van der Waals surface area contributed by atoms with Gasteiger partial charge in [0.1, 0.15) is 5.15 Å². The molecule has 6 nitrogen and oxygen atoms in total. The molecule has 1 aromatic heterocycles. The van der Waals surface area contributed by atoms with Crippen LogP contribution in [0.25, 0.3) is 0 Å². The molecule has 3 heterocycles. The van der Waals surface area contributed by atoms with E-state index in [1.807, 2.05) is 23.2 Å². The molecule has 0 bridgehead atoms. The summed E-state index contributed by atoms with van der Waals surface area (Å²) in [5, 5.41) is 0.528. The maximum absolute atomic E-state index is 12.3. The van der Waals surface area contributed by atoms with Gasteiger partial charge in [0.05, 0.1) is 19.8 Å². The van der Waals surface area contributed by atoms with Crippen molar-refractivity contribution in [2.75, 3.05) is 59.0 Å². The Balaban J connectivity index is 1.41. The summed E-state index contributed by atoms with van der Waals surface area (Å²) in [5.74, 6) is 0.226. The number of halogens is 1. The molecule has 0 radical (unpaired) electrons. The minimum Gasteiger partial charge on any atom is -0.378 e. The lowest BCUT2D eigenvalue weighted by molar-refractivity contribution is -0.136. The molecule has 2 aliphatic heterocycles. The van der Waals surface area contributed by atoms with Crippen molar-refractivity contribution in [3.63, 3.8) is 0 Å². The quantitative estimate of drug-likeness (QED) is 0.757. The molecule has 126 valence electrons. The van der Waals surface area contributed by atoms with Crippen molar-refractivity contribution in [2.45, 2.75) is 6.54 Å². The number of rotatable bonds is 4. The number of piperazine rings is 1. The van der Waals surface area contributed by atoms with Crippen molar-refractivity contribution in [1.82, 2.24) is 19.7 Å². The molecule has 0 spiro atoms. The summed E-state index contributed by atoms with van der Waals surface area (Å²) in [6, 6.07) is 3.85. The van der Waals surface area contributed by atoms with Crippen molar-refractivity contribution in [2.24, 2.45) is 0 Å². The lowest BCUT2D eigenvalue weighted by Crippen LogP contribution is -2.51. The van der Waals surface area contributed by atoms with Crippen LogP contribution in [0.4, 0.5) is 0 Å². The van der Waals surface area contributed by atoms with Gasteiger partial charge in [-0.05, 0) is 11.6 Å². The van der Waals surface area contributed by atoms with Crippen LogP contribution in [0.1, 0.15) is 5.56 Å². The highest BCUT2D eigenvalue weighted by Gasteiger charge is 2.22. The van der Waals surface area contributed by atoms with Gasteiger partial charge in [-0.3, -0.25) is 14.6 Å². The minimum absolute atomic E-state index is 0.226. The van der Waals surface area contributed by atoms with E-state index in [-0.39, 0.29) is 5.91 Å². The summed E-state index contributed by atoms with van der Waals surface area (Å²) in [7, 11) is 0. The molecule has 2 fully saturated rings. The average Bonchev–Trinajstić information content (AvgIpc) is 2.59. The number of carbonyl (C=O) groups excluding carboxylic acids is 1. The first kappa shape index (κ1) is 16.6. The maximum atomic E-state index is 12.3. The zero-order valence-corrected chi connectivity index (χ0v) is 14.0. The number of ether oxygens (including phenoxy) is 1. The Labute approximate surface area is 142 Å². The third-order valence-corrected chi connectivity index (χ3v) is 4.61. The number of aromatic nitrogens is 1. The van der Waals surface area contributed by atoms with Gasteiger partial charge < -0.3 is 9.64 Å². The molecule has 0 unspecified atom stereocenters. The monoisotopic (exact) mass is 338 g/mol. The third-order valence-electron chi connectivity index (χ3n) is 4.38. The molecule has 7 heteroatoms. The maximum Gasteiger partial charge on any atom is 0.236 e. The first-order valence-electron chi connectivity index (χ1n) is 8.11. The Bertz CT molecular complexity index is 511. The largest absolute Gasteiger partial charge is 0.378 e. The number of pyridine rings is 1. The predicted molar refractivity (Wildman–Crippen MR) is 88.4 cm³/mol. The van der Waals surface area contributed by atoms with Crippen LogP contribution in [-0.2, 0) is 16.1 Å². The van der Waals surface area contributed by atoms with E-state index >= 15 is 0 Å². The lowest BCUT2D eigenvalue weighted by atomic mass is 10.2. The van der Waals surface area contributed by atoms with Gasteiger partial charge in [-0.25, -0.2) is 4.98 Å². The Hall–Kier alpha value is -1.21. The fourth-order valence-corrected chi connectivity index (χ4v) is 3.08. The highest BCUT2D eigenvalue weighted by molar-refractivity contribution is 6.29. The smallest absolute Gasteiger partial charge is 0.236 e. The summed E-state index contributed by atoms with van der Waals surface area (Å²) >= 11 is 5.81. The molecule has 1 aromatic rings. The van der Waals surface area contributed by atoms with Crippen LogP contribution in [0, 0.1) is 0 Å². The molecule has 0 N–H and O–H groups in total. The van der Waals surface area contributed by atoms with Gasteiger partial charge in [0, 0.05) is 52.0 Å². The highest BCUT2D eigenvalue weighted by atomic mass is 35.5. The zero-order valence-electron chi connectivity index (χ0n) is 13.3. The number of hydrogen-bond donors (Lipinski definition) is 0. The average molecular weight is 339 g/mol. The van der Waals surface area contributed by atoms with Crippen LogP contribution in [0.2, 0.25) is 5.15 Å². The van der Waals surface area contributed by atoms with Crippen LogP contribution in [-0.4, -0.2) is 84.6 Å². The summed E-state index contributed by atoms with van der Waals surface area (Å²) < 4.78 is 5.29. The standard InChI is InChI=1S/C16H23ClN4O2/c17-15-2-1-14(11-18-15)12-19-3-5-20(6-4-19)13-16(22)21-7-9-23-10-8-21/h1-2,11H,3-10,12-13H2. The molecular weight excluding hydrogens is 316 g/mol. The molecular formula is C16H23ClN4O2. The second-order valence-electron chi connectivity index (χ2n) is 6.03. The number of hydrogen-bond acceptors (Lipinski definition) is 5. The molecule has 2 aliphatic rings. The van der Waals surface area contributed by atoms with Crippen LogP contribution < -0.4 is 0 Å². The fourth-order valence-electron chi connectivity index (χ4n) is 2.97. The first-order valence-corrected chi connectivity index (χ1v) is 8.49. The molecule has 2 saturated heterocycles. The van der Waals surface area contributed by atoms with Crippen LogP contribution >= 0.6 is 11.6 Å². The molecule has 0 atom stereocenters. The van der Waals surface area contributed by atoms with Crippen molar-refractivity contribution >= 4 is 17.5 Å². The van der Waals surface area contributed by atoms with Crippen molar-refractivity contribution in [1.29, 1.82) is 0 Å². The van der Waals surface area contributed by atoms with E-state index in [9.17, 15) is 4.79 Å². The van der Waals surface area contributed by atoms with E-state index in [4.69, 9.17) is 16.3 Å².